The lowest BCUT2D eigenvalue weighted by Crippen LogP contribution is -2.54. The van der Waals surface area contributed by atoms with Crippen molar-refractivity contribution in [3.05, 3.63) is 77.3 Å². The van der Waals surface area contributed by atoms with Gasteiger partial charge < -0.3 is 15.7 Å². The molecule has 1 aromatic carbocycles. The van der Waals surface area contributed by atoms with Crippen LogP contribution in [0.1, 0.15) is 31.4 Å². The molecular weight excluding hydrogens is 494 g/mol. The topological polar surface area (TPSA) is 108 Å². The maximum Gasteiger partial charge on any atom is 0.326 e. The summed E-state index contributed by atoms with van der Waals surface area (Å²) in [5.41, 5.74) is 2.33. The van der Waals surface area contributed by atoms with Crippen LogP contribution in [-0.4, -0.2) is 45.2 Å². The van der Waals surface area contributed by atoms with Crippen molar-refractivity contribution in [3.63, 3.8) is 0 Å². The van der Waals surface area contributed by atoms with Crippen LogP contribution in [0.5, 0.6) is 0 Å². The van der Waals surface area contributed by atoms with Gasteiger partial charge >= 0.3 is 5.97 Å². The summed E-state index contributed by atoms with van der Waals surface area (Å²) >= 11 is 5.96. The molecule has 9 heteroatoms. The van der Waals surface area contributed by atoms with Crippen LogP contribution in [-0.2, 0) is 27.2 Å². The van der Waals surface area contributed by atoms with E-state index in [4.69, 9.17) is 0 Å². The first-order valence-electron chi connectivity index (χ1n) is 11.8. The van der Waals surface area contributed by atoms with Crippen LogP contribution in [0, 0.1) is 5.92 Å². The predicted molar refractivity (Wildman–Crippen MR) is 145 cm³/mol. The van der Waals surface area contributed by atoms with E-state index in [2.05, 4.69) is 28.2 Å². The molecule has 3 rings (SSSR count). The van der Waals surface area contributed by atoms with Crippen LogP contribution >= 0.6 is 24.0 Å². The number of carboxylic acid groups (broad SMARTS) is 1. The molecule has 0 aliphatic heterocycles. The van der Waals surface area contributed by atoms with Crippen LogP contribution in [0.15, 0.2) is 66.2 Å². The minimum absolute atomic E-state index is 0.0628. The third kappa shape index (κ3) is 8.20. The van der Waals surface area contributed by atoms with Crippen LogP contribution in [0.3, 0.4) is 0 Å². The zero-order valence-corrected chi connectivity index (χ0v) is 22.0. The molecule has 3 N–H and O–H groups in total. The Labute approximate surface area is 220 Å². The smallest absolute Gasteiger partial charge is 0.326 e. The lowest BCUT2D eigenvalue weighted by atomic mass is 10.0. The Morgan fingerprint density at radius 1 is 0.917 bits per heavy atom. The van der Waals surface area contributed by atoms with Crippen molar-refractivity contribution in [1.29, 1.82) is 0 Å². The Morgan fingerprint density at radius 3 is 2.19 bits per heavy atom. The molecule has 190 valence electrons. The average Bonchev–Trinajstić information content (AvgIpc) is 3.39. The lowest BCUT2D eigenvalue weighted by Gasteiger charge is -2.23. The molecule has 0 saturated heterocycles. The Morgan fingerprint density at radius 2 is 1.61 bits per heavy atom. The van der Waals surface area contributed by atoms with Gasteiger partial charge in [-0.25, -0.2) is 4.79 Å². The number of pyridine rings is 1. The Balaban J connectivity index is 1.72. The van der Waals surface area contributed by atoms with Crippen molar-refractivity contribution >= 4 is 41.7 Å². The molecular formula is C27H31N3O4S2. The summed E-state index contributed by atoms with van der Waals surface area (Å²) in [5.74, 6) is -1.82. The van der Waals surface area contributed by atoms with Gasteiger partial charge in [-0.2, -0.15) is 12.6 Å². The fourth-order valence-corrected chi connectivity index (χ4v) is 4.90. The molecule has 0 aliphatic rings. The molecule has 2 amide bonds. The van der Waals surface area contributed by atoms with E-state index in [1.165, 1.54) is 0 Å². The van der Waals surface area contributed by atoms with Gasteiger partial charge in [0.05, 0.1) is 15.8 Å². The van der Waals surface area contributed by atoms with Crippen LogP contribution < -0.4 is 10.6 Å². The largest absolute Gasteiger partial charge is 0.480 e. The van der Waals surface area contributed by atoms with E-state index in [-0.39, 0.29) is 24.7 Å². The van der Waals surface area contributed by atoms with Crippen molar-refractivity contribution in [2.75, 3.05) is 0 Å². The highest BCUT2D eigenvalue weighted by atomic mass is 32.1. The number of carboxylic acids is 1. The third-order valence-electron chi connectivity index (χ3n) is 5.57. The quantitative estimate of drug-likeness (QED) is 0.268. The van der Waals surface area contributed by atoms with Crippen molar-refractivity contribution in [3.8, 4) is 10.6 Å². The molecule has 2 heterocycles. The highest BCUT2D eigenvalue weighted by Gasteiger charge is 2.28. The van der Waals surface area contributed by atoms with Gasteiger partial charge in [0.15, 0.2) is 0 Å². The van der Waals surface area contributed by atoms with E-state index < -0.39 is 29.2 Å². The molecule has 3 atom stereocenters. The summed E-state index contributed by atoms with van der Waals surface area (Å²) in [4.78, 5) is 43.4. The molecule has 0 bridgehead atoms. The molecule has 0 saturated carbocycles. The Kier molecular flexibility index (Phi) is 10.1. The second-order valence-electron chi connectivity index (χ2n) is 9.03. The van der Waals surface area contributed by atoms with Crippen molar-refractivity contribution < 1.29 is 19.5 Å². The summed E-state index contributed by atoms with van der Waals surface area (Å²) in [7, 11) is 0. The fourth-order valence-electron chi connectivity index (χ4n) is 3.70. The van der Waals surface area contributed by atoms with Gasteiger partial charge in [0.25, 0.3) is 0 Å². The van der Waals surface area contributed by atoms with E-state index in [9.17, 15) is 19.5 Å². The number of carbonyl (C=O) groups excluding carboxylic acids is 2. The summed E-state index contributed by atoms with van der Waals surface area (Å²) < 4.78 is 0. The normalized spacial score (nSPS) is 13.6. The number of amides is 2. The number of rotatable bonds is 12. The number of aliphatic carboxylic acids is 1. The van der Waals surface area contributed by atoms with Crippen molar-refractivity contribution in [1.82, 2.24) is 15.6 Å². The van der Waals surface area contributed by atoms with E-state index in [1.807, 2.05) is 73.8 Å². The van der Waals surface area contributed by atoms with Crippen LogP contribution in [0.4, 0.5) is 0 Å². The second kappa shape index (κ2) is 13.2. The molecule has 2 aromatic heterocycles. The Bertz CT molecular complexity index is 1140. The average molecular weight is 526 g/mol. The first-order chi connectivity index (χ1) is 17.2. The summed E-state index contributed by atoms with van der Waals surface area (Å²) in [6, 6.07) is 14.7. The number of aromatic nitrogens is 1. The minimum Gasteiger partial charge on any atom is -0.480 e. The first-order valence-corrected chi connectivity index (χ1v) is 13.2. The fraction of sp³-hybridized carbons (Fsp3) is 0.333. The van der Waals surface area contributed by atoms with E-state index >= 15 is 0 Å². The molecule has 0 spiro atoms. The minimum atomic E-state index is -1.18. The van der Waals surface area contributed by atoms with E-state index in [1.54, 1.807) is 17.5 Å². The van der Waals surface area contributed by atoms with Crippen molar-refractivity contribution in [2.45, 2.75) is 50.4 Å². The summed E-state index contributed by atoms with van der Waals surface area (Å²) in [5, 5.41) is 16.6. The number of carbonyl (C=O) groups is 3. The maximum absolute atomic E-state index is 13.2. The van der Waals surface area contributed by atoms with Gasteiger partial charge in [0, 0.05) is 19.0 Å². The maximum atomic E-state index is 13.2. The lowest BCUT2D eigenvalue weighted by molar-refractivity contribution is -0.142. The number of hydrogen-bond donors (Lipinski definition) is 4. The monoisotopic (exact) mass is 525 g/mol. The first kappa shape index (κ1) is 27.4. The van der Waals surface area contributed by atoms with E-state index in [0.29, 0.717) is 12.0 Å². The van der Waals surface area contributed by atoms with Crippen molar-refractivity contribution in [2.24, 2.45) is 5.92 Å². The SMILES string of the molecule is CC(C)C[C@H](S)C(=O)N[C@@H](Cc1ccccc1)C(=O)N[C@@H](Cc1ccc(-c2cccs2)nc1)C(=O)O. The number of benzene rings is 1. The van der Waals surface area contributed by atoms with E-state index in [0.717, 1.165) is 16.1 Å². The predicted octanol–water partition coefficient (Wildman–Crippen LogP) is 3.99. The molecule has 36 heavy (non-hydrogen) atoms. The van der Waals surface area contributed by atoms with Gasteiger partial charge in [-0.15, -0.1) is 11.3 Å². The Hall–Kier alpha value is -3.17. The number of thiol groups is 1. The summed E-state index contributed by atoms with van der Waals surface area (Å²) in [6.45, 7) is 3.98. The zero-order chi connectivity index (χ0) is 26.1. The van der Waals surface area contributed by atoms with Gasteiger partial charge in [-0.1, -0.05) is 56.3 Å². The number of thiophene rings is 1. The number of nitrogens with one attached hydrogen (secondary N) is 2. The standard InChI is InChI=1S/C27H31N3O4S2/c1-17(2)13-23(35)26(32)29-21(14-18-7-4-3-5-8-18)25(31)30-22(27(33)34)15-19-10-11-20(28-16-19)24-9-6-12-36-24/h3-12,16-17,21-23,35H,13-15H2,1-2H3,(H,29,32)(H,30,31)(H,33,34)/t21-,22-,23-/m0/s1. The third-order valence-corrected chi connectivity index (χ3v) is 6.90. The van der Waals surface area contributed by atoms with Gasteiger partial charge in [0.1, 0.15) is 12.1 Å². The number of hydrogen-bond acceptors (Lipinski definition) is 6. The zero-order valence-electron chi connectivity index (χ0n) is 20.3. The second-order valence-corrected chi connectivity index (χ2v) is 10.6. The van der Waals surface area contributed by atoms with Gasteiger partial charge in [0.2, 0.25) is 11.8 Å². The molecule has 7 nitrogen and oxygen atoms in total. The number of nitrogens with zero attached hydrogens (tertiary/aromatic N) is 1. The highest BCUT2D eigenvalue weighted by Crippen LogP contribution is 2.22. The van der Waals surface area contributed by atoms with Crippen LogP contribution in [0.2, 0.25) is 0 Å². The highest BCUT2D eigenvalue weighted by molar-refractivity contribution is 7.81. The van der Waals surface area contributed by atoms with Gasteiger partial charge in [-0.3, -0.25) is 14.6 Å². The summed E-state index contributed by atoms with van der Waals surface area (Å²) in [6.07, 6.45) is 2.47. The van der Waals surface area contributed by atoms with Crippen LogP contribution in [0.25, 0.3) is 10.6 Å². The molecule has 0 unspecified atom stereocenters. The molecule has 0 radical (unpaired) electrons. The molecule has 3 aromatic rings. The molecule has 0 fully saturated rings. The molecule has 0 aliphatic carbocycles. The van der Waals surface area contributed by atoms with Gasteiger partial charge in [-0.05, 0) is 41.0 Å².